The van der Waals surface area contributed by atoms with Crippen LogP contribution in [0.25, 0.3) is 0 Å². The molecular weight excluding hydrogens is 270 g/mol. The molecule has 1 heterocycles. The molecule has 0 atom stereocenters. The van der Waals surface area contributed by atoms with Gasteiger partial charge >= 0.3 is 6.36 Å². The summed E-state index contributed by atoms with van der Waals surface area (Å²) in [6.45, 7) is -0.356. The van der Waals surface area contributed by atoms with E-state index in [9.17, 15) is 27.2 Å². The van der Waals surface area contributed by atoms with E-state index in [2.05, 4.69) is 4.74 Å². The zero-order valence-electron chi connectivity index (χ0n) is 9.33. The van der Waals surface area contributed by atoms with Crippen LogP contribution in [0.5, 0.6) is 5.75 Å². The summed E-state index contributed by atoms with van der Waals surface area (Å²) in [4.78, 5) is 23.3. The summed E-state index contributed by atoms with van der Waals surface area (Å²) in [6, 6.07) is 2.26. The molecule has 0 bridgehead atoms. The number of halogens is 4. The molecule has 4 nitrogen and oxygen atoms in total. The van der Waals surface area contributed by atoms with Gasteiger partial charge in [0.1, 0.15) is 11.6 Å². The summed E-state index contributed by atoms with van der Waals surface area (Å²) in [5.41, 5.74) is -0.405. The first-order valence-corrected chi connectivity index (χ1v) is 5.13. The molecule has 0 unspecified atom stereocenters. The Bertz CT molecular complexity index is 541. The van der Waals surface area contributed by atoms with Crippen molar-refractivity contribution >= 4 is 17.4 Å². The highest BCUT2D eigenvalue weighted by Crippen LogP contribution is 2.30. The fourth-order valence-corrected chi connectivity index (χ4v) is 1.70. The number of alkyl halides is 3. The van der Waals surface area contributed by atoms with Crippen LogP contribution in [-0.4, -0.2) is 24.6 Å². The number of ether oxygens (including phenoxy) is 1. The average molecular weight is 277 g/mol. The highest BCUT2D eigenvalue weighted by molar-refractivity contribution is 6.15. The average Bonchev–Trinajstić information content (AvgIpc) is 2.58. The normalized spacial score (nSPS) is 16.1. The molecule has 1 aliphatic heterocycles. The Morgan fingerprint density at radius 2 is 1.89 bits per heavy atom. The minimum absolute atomic E-state index is 0.356. The van der Waals surface area contributed by atoms with E-state index in [0.29, 0.717) is 0 Å². The molecule has 2 rings (SSSR count). The van der Waals surface area contributed by atoms with E-state index in [1.165, 1.54) is 0 Å². The van der Waals surface area contributed by atoms with Gasteiger partial charge < -0.3 is 9.64 Å². The number of carbonyl (C=O) groups is 2. The predicted octanol–water partition coefficient (Wildman–Crippen LogP) is 2.03. The zero-order chi connectivity index (χ0) is 14.2. The maximum atomic E-state index is 13.5. The van der Waals surface area contributed by atoms with E-state index in [4.69, 9.17) is 0 Å². The molecule has 0 aliphatic carbocycles. The second kappa shape index (κ2) is 4.52. The molecule has 0 N–H and O–H groups in total. The summed E-state index contributed by atoms with van der Waals surface area (Å²) in [6.07, 6.45) is -5.30. The number of hydrogen-bond acceptors (Lipinski definition) is 3. The minimum atomic E-state index is -4.92. The molecule has 0 spiro atoms. The molecule has 8 heteroatoms. The topological polar surface area (TPSA) is 46.6 Å². The Morgan fingerprint density at radius 3 is 2.42 bits per heavy atom. The molecule has 1 aliphatic rings. The van der Waals surface area contributed by atoms with Gasteiger partial charge in [-0.1, -0.05) is 0 Å². The number of hydrogen-bond donors (Lipinski definition) is 0. The van der Waals surface area contributed by atoms with Crippen LogP contribution < -0.4 is 9.64 Å². The first kappa shape index (κ1) is 13.3. The summed E-state index contributed by atoms with van der Waals surface area (Å²) >= 11 is 0. The number of anilines is 1. The molecule has 1 aromatic rings. The molecule has 1 aromatic carbocycles. The zero-order valence-corrected chi connectivity index (χ0v) is 9.33. The van der Waals surface area contributed by atoms with Crippen molar-refractivity contribution in [2.75, 3.05) is 11.4 Å². The van der Waals surface area contributed by atoms with Gasteiger partial charge in [0.15, 0.2) is 5.78 Å². The van der Waals surface area contributed by atoms with Gasteiger partial charge in [0.05, 0.1) is 18.7 Å². The summed E-state index contributed by atoms with van der Waals surface area (Å²) in [5, 5.41) is 0. The van der Waals surface area contributed by atoms with Crippen LogP contribution in [-0.2, 0) is 9.59 Å². The van der Waals surface area contributed by atoms with Crippen LogP contribution >= 0.6 is 0 Å². The van der Waals surface area contributed by atoms with Gasteiger partial charge in [-0.25, -0.2) is 4.39 Å². The highest BCUT2D eigenvalue weighted by atomic mass is 19.4. The Labute approximate surface area is 104 Å². The van der Waals surface area contributed by atoms with Crippen molar-refractivity contribution in [1.29, 1.82) is 0 Å². The molecular formula is C11H7F4NO3. The lowest BCUT2D eigenvalue weighted by atomic mass is 10.2. The van der Waals surface area contributed by atoms with E-state index in [-0.39, 0.29) is 13.0 Å². The van der Waals surface area contributed by atoms with Crippen molar-refractivity contribution in [3.8, 4) is 5.75 Å². The first-order chi connectivity index (χ1) is 8.76. The smallest absolute Gasteiger partial charge is 0.406 e. The van der Waals surface area contributed by atoms with Gasteiger partial charge in [0.2, 0.25) is 5.91 Å². The van der Waals surface area contributed by atoms with Gasteiger partial charge in [-0.2, -0.15) is 0 Å². The first-order valence-electron chi connectivity index (χ1n) is 5.13. The predicted molar refractivity (Wildman–Crippen MR) is 55.1 cm³/mol. The van der Waals surface area contributed by atoms with Gasteiger partial charge in [-0.15, -0.1) is 13.2 Å². The molecule has 0 saturated carbocycles. The molecule has 1 fully saturated rings. The van der Waals surface area contributed by atoms with Crippen LogP contribution in [0.3, 0.4) is 0 Å². The van der Waals surface area contributed by atoms with Crippen molar-refractivity contribution in [3.05, 3.63) is 24.0 Å². The fourth-order valence-electron chi connectivity index (χ4n) is 1.70. The van der Waals surface area contributed by atoms with Gasteiger partial charge in [-0.3, -0.25) is 9.59 Å². The van der Waals surface area contributed by atoms with Crippen molar-refractivity contribution in [2.24, 2.45) is 0 Å². The number of amides is 1. The third-order valence-electron chi connectivity index (χ3n) is 2.43. The second-order valence-corrected chi connectivity index (χ2v) is 3.86. The Balaban J connectivity index is 2.32. The monoisotopic (exact) mass is 277 g/mol. The maximum Gasteiger partial charge on any atom is 0.573 e. The summed E-state index contributed by atoms with van der Waals surface area (Å²) < 4.78 is 53.3. The van der Waals surface area contributed by atoms with E-state index < -0.39 is 35.3 Å². The number of carbonyl (C=O) groups excluding carboxylic acids is 2. The molecule has 1 amide bonds. The van der Waals surface area contributed by atoms with Gasteiger partial charge in [0, 0.05) is 6.07 Å². The molecule has 0 aromatic heterocycles. The standard InChI is InChI=1S/C11H7F4NO3/c12-8-2-1-7(19-11(13,14)15)4-9(8)16-5-6(17)3-10(16)18/h1-2,4H,3,5H2. The van der Waals surface area contributed by atoms with Crippen LogP contribution in [0.15, 0.2) is 18.2 Å². The third-order valence-corrected chi connectivity index (χ3v) is 2.43. The van der Waals surface area contributed by atoms with E-state index in [1.807, 2.05) is 0 Å². The number of nitrogens with zero attached hydrogens (tertiary/aromatic N) is 1. The lowest BCUT2D eigenvalue weighted by Crippen LogP contribution is -2.26. The quantitative estimate of drug-likeness (QED) is 0.614. The van der Waals surface area contributed by atoms with E-state index in [1.54, 1.807) is 0 Å². The molecule has 102 valence electrons. The van der Waals surface area contributed by atoms with Gasteiger partial charge in [0.25, 0.3) is 0 Å². The van der Waals surface area contributed by atoms with Crippen molar-refractivity contribution in [3.63, 3.8) is 0 Å². The maximum absolute atomic E-state index is 13.5. The Hall–Kier alpha value is -2.12. The van der Waals surface area contributed by atoms with E-state index in [0.717, 1.165) is 23.1 Å². The van der Waals surface area contributed by atoms with Crippen molar-refractivity contribution < 1.29 is 31.9 Å². The second-order valence-electron chi connectivity index (χ2n) is 3.86. The summed E-state index contributed by atoms with van der Waals surface area (Å²) in [7, 11) is 0. The van der Waals surface area contributed by atoms with Crippen LogP contribution in [0, 0.1) is 5.82 Å². The third kappa shape index (κ3) is 3.01. The molecule has 1 saturated heterocycles. The van der Waals surface area contributed by atoms with Crippen molar-refractivity contribution in [1.82, 2.24) is 0 Å². The van der Waals surface area contributed by atoms with Crippen molar-refractivity contribution in [2.45, 2.75) is 12.8 Å². The largest absolute Gasteiger partial charge is 0.573 e. The molecule has 0 radical (unpaired) electrons. The lowest BCUT2D eigenvalue weighted by Gasteiger charge is -2.17. The fraction of sp³-hybridized carbons (Fsp3) is 0.273. The summed E-state index contributed by atoms with van der Waals surface area (Å²) in [5.74, 6) is -2.65. The molecule has 19 heavy (non-hydrogen) atoms. The number of ketones is 1. The highest BCUT2D eigenvalue weighted by Gasteiger charge is 2.33. The Morgan fingerprint density at radius 1 is 1.21 bits per heavy atom. The minimum Gasteiger partial charge on any atom is -0.406 e. The number of rotatable bonds is 2. The van der Waals surface area contributed by atoms with Crippen LogP contribution in [0.4, 0.5) is 23.2 Å². The van der Waals surface area contributed by atoms with Gasteiger partial charge in [-0.05, 0) is 12.1 Å². The number of Topliss-reactive ketones (excluding diaryl/α,β-unsaturated/α-hetero) is 1. The van der Waals surface area contributed by atoms with Crippen LogP contribution in [0.2, 0.25) is 0 Å². The Kier molecular flexibility index (Phi) is 3.17. The van der Waals surface area contributed by atoms with E-state index >= 15 is 0 Å². The lowest BCUT2D eigenvalue weighted by molar-refractivity contribution is -0.274. The van der Waals surface area contributed by atoms with Crippen LogP contribution in [0.1, 0.15) is 6.42 Å². The SMILES string of the molecule is O=C1CC(=O)N(c2cc(OC(F)(F)F)ccc2F)C1. The number of benzene rings is 1.